The van der Waals surface area contributed by atoms with E-state index in [1.54, 1.807) is 0 Å². The van der Waals surface area contributed by atoms with Gasteiger partial charge in [0.05, 0.1) is 19.6 Å². The van der Waals surface area contributed by atoms with E-state index in [0.717, 1.165) is 19.3 Å². The number of rotatable bonds is 8. The van der Waals surface area contributed by atoms with E-state index < -0.39 is 0 Å². The van der Waals surface area contributed by atoms with Crippen LogP contribution in [0.5, 0.6) is 0 Å². The Bertz CT molecular complexity index is 170. The van der Waals surface area contributed by atoms with Gasteiger partial charge < -0.3 is 5.11 Å². The molecular formula is C11H23NO3. The van der Waals surface area contributed by atoms with Crippen LogP contribution in [0.15, 0.2) is 0 Å². The molecule has 0 radical (unpaired) electrons. The van der Waals surface area contributed by atoms with Crippen LogP contribution in [0.1, 0.15) is 46.5 Å². The molecule has 0 fully saturated rings. The predicted octanol–water partition coefficient (Wildman–Crippen LogP) is 1.63. The summed E-state index contributed by atoms with van der Waals surface area (Å²) < 4.78 is 0. The highest BCUT2D eigenvalue weighted by molar-refractivity contribution is 5.74. The van der Waals surface area contributed by atoms with Crippen molar-refractivity contribution >= 4 is 5.91 Å². The third-order valence-corrected chi connectivity index (χ3v) is 3.15. The van der Waals surface area contributed by atoms with E-state index in [1.807, 2.05) is 0 Å². The molecule has 0 spiro atoms. The third kappa shape index (κ3) is 5.14. The molecule has 0 aliphatic carbocycles. The molecule has 0 rings (SSSR count). The molecule has 0 saturated carbocycles. The van der Waals surface area contributed by atoms with Gasteiger partial charge in [-0.15, -0.1) is 0 Å². The van der Waals surface area contributed by atoms with E-state index >= 15 is 0 Å². The second-order valence-corrected chi connectivity index (χ2v) is 3.85. The Labute approximate surface area is 92.0 Å². The topological polar surface area (TPSA) is 58.6 Å². The summed E-state index contributed by atoms with van der Waals surface area (Å²) >= 11 is 0. The maximum absolute atomic E-state index is 11.0. The lowest BCUT2D eigenvalue weighted by atomic mass is 9.81. The normalized spacial score (nSPS) is 11.5. The molecule has 0 bridgehead atoms. The predicted molar refractivity (Wildman–Crippen MR) is 59.1 cm³/mol. The Kier molecular flexibility index (Phi) is 7.34. The van der Waals surface area contributed by atoms with Gasteiger partial charge in [-0.05, 0) is 24.7 Å². The van der Waals surface area contributed by atoms with Gasteiger partial charge >= 0.3 is 0 Å². The van der Waals surface area contributed by atoms with Gasteiger partial charge in [-0.3, -0.25) is 9.63 Å². The molecule has 4 heteroatoms. The third-order valence-electron chi connectivity index (χ3n) is 3.15. The van der Waals surface area contributed by atoms with Crippen molar-refractivity contribution in [3.05, 3.63) is 0 Å². The summed E-state index contributed by atoms with van der Waals surface area (Å²) in [6, 6.07) is 0. The molecule has 15 heavy (non-hydrogen) atoms. The van der Waals surface area contributed by atoms with E-state index in [0.29, 0.717) is 6.61 Å². The van der Waals surface area contributed by atoms with Crippen LogP contribution in [-0.4, -0.2) is 24.2 Å². The van der Waals surface area contributed by atoms with Crippen molar-refractivity contribution in [2.45, 2.75) is 46.5 Å². The van der Waals surface area contributed by atoms with Gasteiger partial charge in [0.2, 0.25) is 5.91 Å². The number of hydroxylamine groups is 1. The van der Waals surface area contributed by atoms with Gasteiger partial charge in [-0.1, -0.05) is 20.8 Å². The molecule has 0 aliphatic rings. The summed E-state index contributed by atoms with van der Waals surface area (Å²) in [6.45, 7) is 6.78. The smallest absolute Gasteiger partial charge is 0.245 e. The number of aliphatic hydroxyl groups excluding tert-OH is 1. The lowest BCUT2D eigenvalue weighted by Crippen LogP contribution is -2.32. The monoisotopic (exact) mass is 217 g/mol. The Hall–Kier alpha value is -0.610. The SMILES string of the molecule is CCC(CC)(CC)CONC(=O)CCO. The molecule has 0 aromatic carbocycles. The second kappa shape index (κ2) is 7.65. The van der Waals surface area contributed by atoms with Gasteiger partial charge in [-0.2, -0.15) is 0 Å². The standard InChI is InChI=1S/C11H23NO3/c1-4-11(5-2,6-3)9-15-12-10(14)7-8-13/h13H,4-9H2,1-3H3,(H,12,14). The fourth-order valence-electron chi connectivity index (χ4n) is 1.48. The van der Waals surface area contributed by atoms with Gasteiger partial charge in [-0.25, -0.2) is 5.48 Å². The van der Waals surface area contributed by atoms with Crippen LogP contribution in [0.25, 0.3) is 0 Å². The molecule has 0 aliphatic heterocycles. The van der Waals surface area contributed by atoms with Crippen LogP contribution < -0.4 is 5.48 Å². The van der Waals surface area contributed by atoms with Crippen LogP contribution in [0.4, 0.5) is 0 Å². The molecule has 4 nitrogen and oxygen atoms in total. The van der Waals surface area contributed by atoms with Crippen LogP contribution in [0, 0.1) is 5.41 Å². The first-order valence-corrected chi connectivity index (χ1v) is 5.65. The van der Waals surface area contributed by atoms with Crippen molar-refractivity contribution in [2.75, 3.05) is 13.2 Å². The second-order valence-electron chi connectivity index (χ2n) is 3.85. The number of hydrogen-bond acceptors (Lipinski definition) is 3. The first-order chi connectivity index (χ1) is 7.14. The quantitative estimate of drug-likeness (QED) is 0.608. The van der Waals surface area contributed by atoms with E-state index in [9.17, 15) is 4.79 Å². The molecule has 0 aromatic heterocycles. The maximum Gasteiger partial charge on any atom is 0.245 e. The zero-order valence-electron chi connectivity index (χ0n) is 10.0. The van der Waals surface area contributed by atoms with Crippen LogP contribution in [0.3, 0.4) is 0 Å². The van der Waals surface area contributed by atoms with E-state index in [1.165, 1.54) is 0 Å². The van der Waals surface area contributed by atoms with Crippen molar-refractivity contribution in [3.8, 4) is 0 Å². The number of nitrogens with one attached hydrogen (secondary N) is 1. The molecule has 0 aromatic rings. The van der Waals surface area contributed by atoms with Crippen molar-refractivity contribution in [2.24, 2.45) is 5.41 Å². The molecule has 2 N–H and O–H groups in total. The summed E-state index contributed by atoms with van der Waals surface area (Å²) in [5, 5.41) is 8.52. The van der Waals surface area contributed by atoms with E-state index in [4.69, 9.17) is 9.94 Å². The fraction of sp³-hybridized carbons (Fsp3) is 0.909. The average molecular weight is 217 g/mol. The molecule has 1 amide bonds. The van der Waals surface area contributed by atoms with Crippen molar-refractivity contribution < 1.29 is 14.7 Å². The van der Waals surface area contributed by atoms with Crippen molar-refractivity contribution in [1.29, 1.82) is 0 Å². The molecule has 90 valence electrons. The van der Waals surface area contributed by atoms with Crippen LogP contribution >= 0.6 is 0 Å². The minimum Gasteiger partial charge on any atom is -0.396 e. The number of hydrogen-bond donors (Lipinski definition) is 2. The average Bonchev–Trinajstić information content (AvgIpc) is 2.25. The minimum atomic E-state index is -0.269. The van der Waals surface area contributed by atoms with Crippen molar-refractivity contribution in [3.63, 3.8) is 0 Å². The highest BCUT2D eigenvalue weighted by atomic mass is 16.7. The Morgan fingerprint density at radius 1 is 1.27 bits per heavy atom. The lowest BCUT2D eigenvalue weighted by Gasteiger charge is -2.29. The molecule has 0 saturated heterocycles. The Balaban J connectivity index is 3.85. The Morgan fingerprint density at radius 3 is 2.20 bits per heavy atom. The lowest BCUT2D eigenvalue weighted by molar-refractivity contribution is -0.137. The zero-order valence-corrected chi connectivity index (χ0v) is 10.0. The summed E-state index contributed by atoms with van der Waals surface area (Å²) in [6.07, 6.45) is 3.21. The molecule has 0 unspecified atom stereocenters. The fourth-order valence-corrected chi connectivity index (χ4v) is 1.48. The number of aliphatic hydroxyl groups is 1. The molecular weight excluding hydrogens is 194 g/mol. The molecule has 0 atom stereocenters. The summed E-state index contributed by atoms with van der Waals surface area (Å²) in [4.78, 5) is 16.2. The van der Waals surface area contributed by atoms with E-state index in [2.05, 4.69) is 26.3 Å². The van der Waals surface area contributed by atoms with Gasteiger partial charge in [0.1, 0.15) is 0 Å². The highest BCUT2D eigenvalue weighted by Gasteiger charge is 2.24. The summed E-state index contributed by atoms with van der Waals surface area (Å²) in [7, 11) is 0. The number of carbonyl (C=O) groups excluding carboxylic acids is 1. The zero-order chi connectivity index (χ0) is 11.7. The largest absolute Gasteiger partial charge is 0.396 e. The first-order valence-electron chi connectivity index (χ1n) is 5.65. The Morgan fingerprint density at radius 2 is 1.80 bits per heavy atom. The number of carbonyl (C=O) groups is 1. The van der Waals surface area contributed by atoms with Crippen LogP contribution in [-0.2, 0) is 9.63 Å². The first kappa shape index (κ1) is 14.4. The molecule has 0 heterocycles. The summed E-state index contributed by atoms with van der Waals surface area (Å²) in [5.41, 5.74) is 2.50. The number of amides is 1. The van der Waals surface area contributed by atoms with Crippen LogP contribution in [0.2, 0.25) is 0 Å². The van der Waals surface area contributed by atoms with E-state index in [-0.39, 0.29) is 24.3 Å². The van der Waals surface area contributed by atoms with Gasteiger partial charge in [0.25, 0.3) is 0 Å². The highest BCUT2D eigenvalue weighted by Crippen LogP contribution is 2.30. The maximum atomic E-state index is 11.0. The minimum absolute atomic E-state index is 0.0946. The van der Waals surface area contributed by atoms with Gasteiger partial charge in [0.15, 0.2) is 0 Å². The van der Waals surface area contributed by atoms with Crippen molar-refractivity contribution in [1.82, 2.24) is 5.48 Å². The van der Waals surface area contributed by atoms with Gasteiger partial charge in [0, 0.05) is 0 Å². The summed E-state index contributed by atoms with van der Waals surface area (Å²) in [5.74, 6) is -0.269.